The van der Waals surface area contributed by atoms with Crippen molar-refractivity contribution in [1.82, 2.24) is 15.1 Å². The van der Waals surface area contributed by atoms with Crippen LogP contribution in [-0.2, 0) is 24.8 Å². The van der Waals surface area contributed by atoms with E-state index in [-0.39, 0.29) is 0 Å². The summed E-state index contributed by atoms with van der Waals surface area (Å²) in [5, 5.41) is 7.57. The van der Waals surface area contributed by atoms with Crippen LogP contribution in [0.2, 0.25) is 0 Å². The van der Waals surface area contributed by atoms with Crippen LogP contribution >= 0.6 is 0 Å². The summed E-state index contributed by atoms with van der Waals surface area (Å²) in [5.41, 5.74) is 3.31. The minimum atomic E-state index is 0.730. The summed E-state index contributed by atoms with van der Waals surface area (Å²) in [4.78, 5) is 0. The molecule has 0 bridgehead atoms. The summed E-state index contributed by atoms with van der Waals surface area (Å²) < 4.78 is 12.9. The average Bonchev–Trinajstić information content (AvgIpc) is 2.74. The van der Waals surface area contributed by atoms with Gasteiger partial charge in [0.1, 0.15) is 5.75 Å². The molecule has 0 saturated carbocycles. The molecule has 5 heteroatoms. The molecule has 114 valence electrons. The maximum absolute atomic E-state index is 6.00. The summed E-state index contributed by atoms with van der Waals surface area (Å²) in [6.07, 6.45) is 0.909. The van der Waals surface area contributed by atoms with Gasteiger partial charge in [0.15, 0.2) is 0 Å². The van der Waals surface area contributed by atoms with Crippen LogP contribution in [-0.4, -0.2) is 30.5 Å². The van der Waals surface area contributed by atoms with Crippen molar-refractivity contribution in [3.05, 3.63) is 41.1 Å². The van der Waals surface area contributed by atoms with Gasteiger partial charge in [0.2, 0.25) is 5.88 Å². The number of nitrogens with one attached hydrogen (secondary N) is 1. The van der Waals surface area contributed by atoms with E-state index in [2.05, 4.69) is 22.5 Å². The van der Waals surface area contributed by atoms with Gasteiger partial charge < -0.3 is 14.8 Å². The van der Waals surface area contributed by atoms with E-state index in [0.29, 0.717) is 0 Å². The van der Waals surface area contributed by atoms with E-state index in [9.17, 15) is 0 Å². The minimum Gasteiger partial charge on any atom is -0.439 e. The van der Waals surface area contributed by atoms with E-state index in [1.165, 1.54) is 5.56 Å². The maximum atomic E-state index is 6.00. The molecule has 21 heavy (non-hydrogen) atoms. The number of rotatable bonds is 7. The second-order valence-corrected chi connectivity index (χ2v) is 5.01. The molecule has 0 spiro atoms. The van der Waals surface area contributed by atoms with E-state index in [0.717, 1.165) is 42.5 Å². The Balaban J connectivity index is 2.14. The highest BCUT2D eigenvalue weighted by atomic mass is 16.5. The smallest absolute Gasteiger partial charge is 0.222 e. The zero-order valence-electron chi connectivity index (χ0n) is 13.1. The molecule has 0 aliphatic rings. The topological polar surface area (TPSA) is 48.3 Å². The van der Waals surface area contributed by atoms with Crippen molar-refractivity contribution in [2.45, 2.75) is 19.9 Å². The van der Waals surface area contributed by atoms with Crippen LogP contribution in [0.5, 0.6) is 11.6 Å². The summed E-state index contributed by atoms with van der Waals surface area (Å²) >= 11 is 0. The van der Waals surface area contributed by atoms with Crippen molar-refractivity contribution in [3.63, 3.8) is 0 Å². The lowest BCUT2D eigenvalue weighted by atomic mass is 10.1. The lowest BCUT2D eigenvalue weighted by Gasteiger charge is -2.09. The first kappa shape index (κ1) is 15.5. The molecule has 1 aromatic heterocycles. The Bertz CT molecular complexity index is 576. The summed E-state index contributed by atoms with van der Waals surface area (Å²) in [7, 11) is 5.53. The van der Waals surface area contributed by atoms with E-state index < -0.39 is 0 Å². The Morgan fingerprint density at radius 1 is 1.24 bits per heavy atom. The van der Waals surface area contributed by atoms with Crippen LogP contribution in [0.25, 0.3) is 0 Å². The summed E-state index contributed by atoms with van der Waals surface area (Å²) in [6.45, 7) is 3.46. The number of nitrogens with zero attached hydrogens (tertiary/aromatic N) is 2. The molecule has 0 atom stereocenters. The quantitative estimate of drug-likeness (QED) is 0.850. The van der Waals surface area contributed by atoms with E-state index in [1.54, 1.807) is 11.8 Å². The van der Waals surface area contributed by atoms with Crippen LogP contribution in [0.1, 0.15) is 16.8 Å². The minimum absolute atomic E-state index is 0.730. The van der Waals surface area contributed by atoms with E-state index in [4.69, 9.17) is 9.47 Å². The summed E-state index contributed by atoms with van der Waals surface area (Å²) in [5.74, 6) is 1.60. The van der Waals surface area contributed by atoms with Gasteiger partial charge in [0, 0.05) is 20.7 Å². The number of hydrogen-bond acceptors (Lipinski definition) is 4. The molecule has 2 aromatic rings. The third kappa shape index (κ3) is 3.83. The molecule has 0 radical (unpaired) electrons. The Hall–Kier alpha value is -1.85. The van der Waals surface area contributed by atoms with Gasteiger partial charge in [-0.3, -0.25) is 0 Å². The fourth-order valence-corrected chi connectivity index (χ4v) is 2.24. The largest absolute Gasteiger partial charge is 0.439 e. The summed E-state index contributed by atoms with van der Waals surface area (Å²) in [6, 6.07) is 8.09. The first-order valence-electron chi connectivity index (χ1n) is 7.08. The van der Waals surface area contributed by atoms with E-state index in [1.807, 2.05) is 33.2 Å². The average molecular weight is 289 g/mol. The van der Waals surface area contributed by atoms with Crippen molar-refractivity contribution >= 4 is 0 Å². The van der Waals surface area contributed by atoms with Crippen molar-refractivity contribution in [2.75, 3.05) is 20.8 Å². The molecule has 0 aliphatic carbocycles. The lowest BCUT2D eigenvalue weighted by Crippen LogP contribution is -2.07. The van der Waals surface area contributed by atoms with Crippen molar-refractivity contribution in [2.24, 2.45) is 7.05 Å². The zero-order valence-corrected chi connectivity index (χ0v) is 13.1. The van der Waals surface area contributed by atoms with Crippen LogP contribution in [0.4, 0.5) is 0 Å². The maximum Gasteiger partial charge on any atom is 0.222 e. The molecule has 0 saturated heterocycles. The third-order valence-electron chi connectivity index (χ3n) is 3.38. The monoisotopic (exact) mass is 289 g/mol. The number of methoxy groups -OCH3 is 1. The molecule has 1 N–H and O–H groups in total. The van der Waals surface area contributed by atoms with Crippen molar-refractivity contribution in [3.8, 4) is 11.6 Å². The van der Waals surface area contributed by atoms with E-state index >= 15 is 0 Å². The number of aromatic nitrogens is 2. The van der Waals surface area contributed by atoms with Gasteiger partial charge >= 0.3 is 0 Å². The van der Waals surface area contributed by atoms with Crippen LogP contribution in [0.15, 0.2) is 24.3 Å². The molecule has 0 fully saturated rings. The molecule has 1 heterocycles. The highest BCUT2D eigenvalue weighted by Crippen LogP contribution is 2.27. The number of aryl methyl sites for hydroxylation is 2. The Morgan fingerprint density at radius 3 is 2.57 bits per heavy atom. The van der Waals surface area contributed by atoms with Crippen molar-refractivity contribution in [1.29, 1.82) is 0 Å². The molecule has 0 unspecified atom stereocenters. The predicted octanol–water partition coefficient (Wildman–Crippen LogP) is 2.43. The molecule has 1 aromatic carbocycles. The lowest BCUT2D eigenvalue weighted by molar-refractivity contribution is 0.202. The Labute approximate surface area is 125 Å². The number of ether oxygens (including phenoxy) is 2. The normalized spacial score (nSPS) is 10.9. The third-order valence-corrected chi connectivity index (χ3v) is 3.38. The molecular formula is C16H23N3O2. The van der Waals surface area contributed by atoms with Gasteiger partial charge in [-0.05, 0) is 38.1 Å². The van der Waals surface area contributed by atoms with Gasteiger partial charge in [-0.15, -0.1) is 0 Å². The zero-order chi connectivity index (χ0) is 15.2. The first-order chi connectivity index (χ1) is 10.2. The van der Waals surface area contributed by atoms with Crippen LogP contribution < -0.4 is 10.1 Å². The van der Waals surface area contributed by atoms with Crippen LogP contribution in [0.3, 0.4) is 0 Å². The number of benzene rings is 1. The highest BCUT2D eigenvalue weighted by molar-refractivity contribution is 5.36. The van der Waals surface area contributed by atoms with Crippen molar-refractivity contribution < 1.29 is 9.47 Å². The fourth-order valence-electron chi connectivity index (χ4n) is 2.24. The molecule has 2 rings (SSSR count). The van der Waals surface area contributed by atoms with Gasteiger partial charge in [-0.25, -0.2) is 4.68 Å². The molecule has 0 aliphatic heterocycles. The second-order valence-electron chi connectivity index (χ2n) is 5.01. The molecular weight excluding hydrogens is 266 g/mol. The fraction of sp³-hybridized carbons (Fsp3) is 0.438. The highest BCUT2D eigenvalue weighted by Gasteiger charge is 2.14. The Kier molecular flexibility index (Phi) is 5.36. The molecule has 0 amide bonds. The SMILES string of the molecule is CNCc1c(C)nn(C)c1Oc1ccc(CCOC)cc1. The molecule has 5 nitrogen and oxygen atoms in total. The van der Waals surface area contributed by atoms with Gasteiger partial charge in [-0.1, -0.05) is 12.1 Å². The first-order valence-corrected chi connectivity index (χ1v) is 7.08. The predicted molar refractivity (Wildman–Crippen MR) is 82.8 cm³/mol. The second kappa shape index (κ2) is 7.24. The number of hydrogen-bond donors (Lipinski definition) is 1. The van der Waals surface area contributed by atoms with Crippen LogP contribution in [0, 0.1) is 6.92 Å². The Morgan fingerprint density at radius 2 is 1.95 bits per heavy atom. The van der Waals surface area contributed by atoms with Gasteiger partial charge in [0.05, 0.1) is 17.9 Å². The van der Waals surface area contributed by atoms with Gasteiger partial charge in [0.25, 0.3) is 0 Å². The van der Waals surface area contributed by atoms with Gasteiger partial charge in [-0.2, -0.15) is 5.10 Å². The standard InChI is InChI=1S/C16H23N3O2/c1-12-15(11-17-2)16(19(3)18-12)21-14-7-5-13(6-8-14)9-10-20-4/h5-8,17H,9-11H2,1-4H3.